The third-order valence-electron chi connectivity index (χ3n) is 3.93. The molecule has 4 N–H and O–H groups in total. The second kappa shape index (κ2) is 8.02. The van der Waals surface area contributed by atoms with Gasteiger partial charge in [-0.1, -0.05) is 32.0 Å². The average molecular weight is 317 g/mol. The number of carbonyl (C=O) groups is 1. The molecule has 2 amide bonds. The maximum absolute atomic E-state index is 11.8. The van der Waals surface area contributed by atoms with Crippen LogP contribution in [-0.2, 0) is 6.42 Å². The number of aliphatic hydroxyl groups excluding tert-OH is 1. The topological polar surface area (TPSA) is 77.2 Å². The molecule has 23 heavy (non-hydrogen) atoms. The second-order valence-electron chi connectivity index (χ2n) is 6.44. The molecule has 1 unspecified atom stereocenters. The summed E-state index contributed by atoms with van der Waals surface area (Å²) in [6, 6.07) is 7.95. The number of aromatic nitrogens is 1. The van der Waals surface area contributed by atoms with E-state index in [9.17, 15) is 9.90 Å². The summed E-state index contributed by atoms with van der Waals surface area (Å²) in [5, 5.41) is 16.5. The highest BCUT2D eigenvalue weighted by atomic mass is 16.3. The summed E-state index contributed by atoms with van der Waals surface area (Å²) in [6.45, 7) is 7.00. The van der Waals surface area contributed by atoms with Gasteiger partial charge in [-0.2, -0.15) is 0 Å². The summed E-state index contributed by atoms with van der Waals surface area (Å²) in [7, 11) is 0. The lowest BCUT2D eigenvalue weighted by atomic mass is 10.1. The van der Waals surface area contributed by atoms with E-state index < -0.39 is 6.10 Å². The van der Waals surface area contributed by atoms with Crippen LogP contribution in [0.15, 0.2) is 24.3 Å². The van der Waals surface area contributed by atoms with Crippen molar-refractivity contribution in [1.29, 1.82) is 0 Å². The molecule has 5 nitrogen and oxygen atoms in total. The van der Waals surface area contributed by atoms with E-state index in [1.54, 1.807) is 0 Å². The zero-order valence-electron chi connectivity index (χ0n) is 14.1. The Morgan fingerprint density at radius 1 is 1.26 bits per heavy atom. The summed E-state index contributed by atoms with van der Waals surface area (Å²) >= 11 is 0. The highest BCUT2D eigenvalue weighted by Crippen LogP contribution is 2.21. The number of carbonyl (C=O) groups excluding carboxylic acids is 1. The van der Waals surface area contributed by atoms with Gasteiger partial charge in [-0.15, -0.1) is 0 Å². The summed E-state index contributed by atoms with van der Waals surface area (Å²) < 4.78 is 0. The zero-order valence-corrected chi connectivity index (χ0v) is 14.1. The molecule has 0 radical (unpaired) electrons. The first kappa shape index (κ1) is 17.3. The molecule has 0 saturated carbocycles. The number of H-pyrrole nitrogens is 1. The SMILES string of the molecule is Cc1[nH]c2ccccc2c1CCNC(=O)NCC(O)CC(C)C. The molecular weight excluding hydrogens is 290 g/mol. The number of hydrogen-bond acceptors (Lipinski definition) is 2. The minimum Gasteiger partial charge on any atom is -0.391 e. The number of para-hydroxylation sites is 1. The first-order valence-electron chi connectivity index (χ1n) is 8.23. The van der Waals surface area contributed by atoms with E-state index in [1.807, 2.05) is 26.0 Å². The fourth-order valence-corrected chi connectivity index (χ4v) is 2.86. The molecule has 5 heteroatoms. The molecule has 1 atom stereocenters. The van der Waals surface area contributed by atoms with Crippen LogP contribution in [0.1, 0.15) is 31.5 Å². The lowest BCUT2D eigenvalue weighted by Gasteiger charge is -2.14. The highest BCUT2D eigenvalue weighted by molar-refractivity contribution is 5.84. The number of benzene rings is 1. The van der Waals surface area contributed by atoms with Crippen molar-refractivity contribution in [1.82, 2.24) is 15.6 Å². The van der Waals surface area contributed by atoms with E-state index in [1.165, 1.54) is 10.9 Å². The summed E-state index contributed by atoms with van der Waals surface area (Å²) in [4.78, 5) is 15.1. The number of aromatic amines is 1. The van der Waals surface area contributed by atoms with Crippen LogP contribution >= 0.6 is 0 Å². The van der Waals surface area contributed by atoms with Gasteiger partial charge in [0.25, 0.3) is 0 Å². The number of aliphatic hydroxyl groups is 1. The van der Waals surface area contributed by atoms with Gasteiger partial charge in [0.2, 0.25) is 0 Å². The molecule has 0 saturated heterocycles. The number of amides is 2. The molecule has 2 rings (SSSR count). The number of aryl methyl sites for hydroxylation is 1. The van der Waals surface area contributed by atoms with Crippen LogP contribution in [0.3, 0.4) is 0 Å². The Bertz CT molecular complexity index is 649. The van der Waals surface area contributed by atoms with Crippen molar-refractivity contribution in [3.8, 4) is 0 Å². The zero-order chi connectivity index (χ0) is 16.8. The van der Waals surface area contributed by atoms with Crippen LogP contribution in [0.25, 0.3) is 10.9 Å². The number of fused-ring (bicyclic) bond motifs is 1. The third kappa shape index (κ3) is 4.99. The van der Waals surface area contributed by atoms with Gasteiger partial charge in [-0.3, -0.25) is 0 Å². The van der Waals surface area contributed by atoms with Crippen LogP contribution in [0, 0.1) is 12.8 Å². The molecule has 0 fully saturated rings. The van der Waals surface area contributed by atoms with Crippen molar-refractivity contribution in [2.45, 2.75) is 39.7 Å². The fourth-order valence-electron chi connectivity index (χ4n) is 2.86. The van der Waals surface area contributed by atoms with Gasteiger partial charge < -0.3 is 20.7 Å². The molecule has 0 spiro atoms. The Hall–Kier alpha value is -2.01. The molecule has 1 heterocycles. The summed E-state index contributed by atoms with van der Waals surface area (Å²) in [5.41, 5.74) is 3.50. The van der Waals surface area contributed by atoms with Crippen molar-refractivity contribution in [3.05, 3.63) is 35.5 Å². The van der Waals surface area contributed by atoms with Gasteiger partial charge >= 0.3 is 6.03 Å². The maximum atomic E-state index is 11.8. The van der Waals surface area contributed by atoms with Crippen LogP contribution in [0.2, 0.25) is 0 Å². The molecule has 0 aliphatic heterocycles. The fraction of sp³-hybridized carbons (Fsp3) is 0.500. The quantitative estimate of drug-likeness (QED) is 0.634. The van der Waals surface area contributed by atoms with E-state index in [2.05, 4.69) is 34.7 Å². The van der Waals surface area contributed by atoms with Crippen molar-refractivity contribution >= 4 is 16.9 Å². The molecule has 1 aromatic heterocycles. The largest absolute Gasteiger partial charge is 0.391 e. The number of urea groups is 1. The van der Waals surface area contributed by atoms with Crippen LogP contribution in [0.4, 0.5) is 4.79 Å². The summed E-state index contributed by atoms with van der Waals surface area (Å²) in [5.74, 6) is 0.416. The predicted molar refractivity (Wildman–Crippen MR) is 93.6 cm³/mol. The molecular formula is C18H27N3O2. The van der Waals surface area contributed by atoms with Crippen LogP contribution in [0.5, 0.6) is 0 Å². The van der Waals surface area contributed by atoms with Gasteiger partial charge in [-0.25, -0.2) is 4.79 Å². The summed E-state index contributed by atoms with van der Waals surface area (Å²) in [6.07, 6.45) is 0.976. The smallest absolute Gasteiger partial charge is 0.314 e. The maximum Gasteiger partial charge on any atom is 0.314 e. The molecule has 0 aliphatic carbocycles. The van der Waals surface area contributed by atoms with E-state index in [4.69, 9.17) is 0 Å². The predicted octanol–water partition coefficient (Wildman–Crippen LogP) is 2.73. The Morgan fingerprint density at radius 2 is 2.00 bits per heavy atom. The Balaban J connectivity index is 1.78. The molecule has 126 valence electrons. The van der Waals surface area contributed by atoms with E-state index >= 15 is 0 Å². The standard InChI is InChI=1S/C18H27N3O2/c1-12(2)10-14(22)11-20-18(23)19-9-8-15-13(3)21-17-7-5-4-6-16(15)17/h4-7,12,14,21-22H,8-11H2,1-3H3,(H2,19,20,23). The van der Waals surface area contributed by atoms with E-state index in [-0.39, 0.29) is 12.6 Å². The number of hydrogen-bond donors (Lipinski definition) is 4. The van der Waals surface area contributed by atoms with Gasteiger partial charge in [0, 0.05) is 29.7 Å². The van der Waals surface area contributed by atoms with Crippen molar-refractivity contribution in [2.75, 3.05) is 13.1 Å². The lowest BCUT2D eigenvalue weighted by Crippen LogP contribution is -2.40. The Kier molecular flexibility index (Phi) is 6.04. The number of nitrogens with one attached hydrogen (secondary N) is 3. The molecule has 2 aromatic rings. The number of rotatable bonds is 7. The highest BCUT2D eigenvalue weighted by Gasteiger charge is 2.10. The van der Waals surface area contributed by atoms with Gasteiger partial charge in [-0.05, 0) is 37.3 Å². The molecule has 1 aromatic carbocycles. The Morgan fingerprint density at radius 3 is 2.74 bits per heavy atom. The van der Waals surface area contributed by atoms with E-state index in [0.717, 1.165) is 17.6 Å². The Labute approximate surface area is 137 Å². The second-order valence-corrected chi connectivity index (χ2v) is 6.44. The van der Waals surface area contributed by atoms with Crippen LogP contribution in [-0.4, -0.2) is 35.3 Å². The van der Waals surface area contributed by atoms with E-state index in [0.29, 0.717) is 18.9 Å². The monoisotopic (exact) mass is 317 g/mol. The average Bonchev–Trinajstić information content (AvgIpc) is 2.80. The normalized spacial score (nSPS) is 12.6. The first-order valence-corrected chi connectivity index (χ1v) is 8.23. The minimum absolute atomic E-state index is 0.231. The third-order valence-corrected chi connectivity index (χ3v) is 3.93. The van der Waals surface area contributed by atoms with Crippen molar-refractivity contribution < 1.29 is 9.90 Å². The van der Waals surface area contributed by atoms with Crippen molar-refractivity contribution in [3.63, 3.8) is 0 Å². The molecule has 0 bridgehead atoms. The van der Waals surface area contributed by atoms with Gasteiger partial charge in [0.15, 0.2) is 0 Å². The minimum atomic E-state index is -0.489. The molecule has 0 aliphatic rings. The van der Waals surface area contributed by atoms with Crippen LogP contribution < -0.4 is 10.6 Å². The lowest BCUT2D eigenvalue weighted by molar-refractivity contribution is 0.147. The first-order chi connectivity index (χ1) is 11.0. The van der Waals surface area contributed by atoms with Gasteiger partial charge in [0.1, 0.15) is 0 Å². The van der Waals surface area contributed by atoms with Crippen molar-refractivity contribution in [2.24, 2.45) is 5.92 Å². The van der Waals surface area contributed by atoms with Gasteiger partial charge in [0.05, 0.1) is 6.10 Å².